The van der Waals surface area contributed by atoms with Crippen LogP contribution in [0.5, 0.6) is 0 Å². The van der Waals surface area contributed by atoms with E-state index < -0.39 is 34.8 Å². The number of carbonyl (C=O) groups excluding carboxylic acids is 1. The molecule has 0 atom stereocenters. The van der Waals surface area contributed by atoms with Gasteiger partial charge in [-0.15, -0.1) is 0 Å². The molecule has 1 amide bonds. The van der Waals surface area contributed by atoms with E-state index in [0.29, 0.717) is 0 Å². The van der Waals surface area contributed by atoms with Crippen LogP contribution < -0.4 is 5.32 Å². The Hall–Kier alpha value is -0.830. The lowest BCUT2D eigenvalue weighted by Gasteiger charge is -2.19. The van der Waals surface area contributed by atoms with Crippen molar-refractivity contribution in [3.63, 3.8) is 0 Å². The molecular formula is C9H15F3N2O3S. The molecule has 9 heteroatoms. The van der Waals surface area contributed by atoms with Crippen LogP contribution in [0.3, 0.4) is 0 Å². The summed E-state index contributed by atoms with van der Waals surface area (Å²) in [7, 11) is -3.71. The van der Waals surface area contributed by atoms with Crippen molar-refractivity contribution in [3.05, 3.63) is 0 Å². The van der Waals surface area contributed by atoms with Gasteiger partial charge in [0, 0.05) is 32.5 Å². The van der Waals surface area contributed by atoms with Gasteiger partial charge in [-0.05, 0) is 6.42 Å². The molecule has 106 valence electrons. The number of halogens is 3. The molecule has 1 rings (SSSR count). The second kappa shape index (κ2) is 5.87. The lowest BCUT2D eigenvalue weighted by Crippen LogP contribution is -2.36. The second-order valence-electron chi connectivity index (χ2n) is 4.03. The van der Waals surface area contributed by atoms with Crippen molar-refractivity contribution in [2.24, 2.45) is 0 Å². The molecule has 5 nitrogen and oxygen atoms in total. The quantitative estimate of drug-likeness (QED) is 0.818. The first-order valence-corrected chi connectivity index (χ1v) is 7.13. The number of rotatable bonds is 4. The van der Waals surface area contributed by atoms with E-state index in [0.717, 1.165) is 4.31 Å². The summed E-state index contributed by atoms with van der Waals surface area (Å²) in [5, 5.41) is 2.50. The Morgan fingerprint density at radius 2 is 1.94 bits per heavy atom. The highest BCUT2D eigenvalue weighted by Gasteiger charge is 2.29. The summed E-state index contributed by atoms with van der Waals surface area (Å²) in [6.45, 7) is 0.331. The van der Waals surface area contributed by atoms with Gasteiger partial charge in [-0.25, -0.2) is 8.42 Å². The van der Waals surface area contributed by atoms with Crippen LogP contribution >= 0.6 is 0 Å². The van der Waals surface area contributed by atoms with Crippen molar-refractivity contribution in [3.8, 4) is 0 Å². The van der Waals surface area contributed by atoms with Crippen LogP contribution in [0.2, 0.25) is 0 Å². The van der Waals surface area contributed by atoms with E-state index in [2.05, 4.69) is 5.32 Å². The Kier molecular flexibility index (Phi) is 4.97. The van der Waals surface area contributed by atoms with Crippen molar-refractivity contribution in [1.29, 1.82) is 0 Å². The summed E-state index contributed by atoms with van der Waals surface area (Å²) in [5.41, 5.74) is 0. The summed E-state index contributed by atoms with van der Waals surface area (Å²) in [6.07, 6.45) is -5.87. The lowest BCUT2D eigenvalue weighted by atomic mass is 10.3. The summed E-state index contributed by atoms with van der Waals surface area (Å²) in [6, 6.07) is 0. The molecule has 0 aliphatic carbocycles. The van der Waals surface area contributed by atoms with Crippen LogP contribution in [0.15, 0.2) is 0 Å². The van der Waals surface area contributed by atoms with Crippen LogP contribution in [-0.4, -0.2) is 50.2 Å². The van der Waals surface area contributed by atoms with Crippen molar-refractivity contribution in [2.45, 2.75) is 25.4 Å². The monoisotopic (exact) mass is 288 g/mol. The van der Waals surface area contributed by atoms with Gasteiger partial charge in [0.2, 0.25) is 15.9 Å². The Bertz CT molecular complexity index is 394. The number of amides is 1. The van der Waals surface area contributed by atoms with Gasteiger partial charge in [0.1, 0.15) is 0 Å². The molecule has 18 heavy (non-hydrogen) atoms. The summed E-state index contributed by atoms with van der Waals surface area (Å²) in [4.78, 5) is 11.0. The Balaban J connectivity index is 2.50. The first-order valence-electron chi connectivity index (χ1n) is 5.52. The molecule has 0 aromatic carbocycles. The van der Waals surface area contributed by atoms with E-state index in [1.165, 1.54) is 0 Å². The minimum absolute atomic E-state index is 0.0280. The minimum atomic E-state index is -4.34. The van der Waals surface area contributed by atoms with Gasteiger partial charge < -0.3 is 5.32 Å². The zero-order chi connectivity index (χ0) is 13.8. The van der Waals surface area contributed by atoms with Crippen molar-refractivity contribution in [2.75, 3.05) is 25.4 Å². The first kappa shape index (κ1) is 15.2. The maximum Gasteiger partial charge on any atom is 0.389 e. The average Bonchev–Trinajstić information content (AvgIpc) is 2.40. The van der Waals surface area contributed by atoms with E-state index in [1.807, 2.05) is 0 Å². The van der Waals surface area contributed by atoms with E-state index in [9.17, 15) is 26.4 Å². The van der Waals surface area contributed by atoms with Crippen molar-refractivity contribution in [1.82, 2.24) is 9.62 Å². The van der Waals surface area contributed by atoms with Gasteiger partial charge in [-0.2, -0.15) is 17.5 Å². The molecule has 0 spiro atoms. The average molecular weight is 288 g/mol. The Morgan fingerprint density at radius 3 is 2.56 bits per heavy atom. The van der Waals surface area contributed by atoms with E-state index in [4.69, 9.17) is 0 Å². The summed E-state index contributed by atoms with van der Waals surface area (Å²) >= 11 is 0. The normalized spacial score (nSPS) is 19.4. The van der Waals surface area contributed by atoms with Crippen molar-refractivity contribution < 1.29 is 26.4 Å². The molecule has 1 aliphatic heterocycles. The van der Waals surface area contributed by atoms with E-state index in [-0.39, 0.29) is 32.0 Å². The van der Waals surface area contributed by atoms with Gasteiger partial charge in [-0.1, -0.05) is 0 Å². The number of nitrogens with zero attached hydrogens (tertiary/aromatic N) is 1. The van der Waals surface area contributed by atoms with Gasteiger partial charge in [0.15, 0.2) is 0 Å². The third kappa shape index (κ3) is 5.21. The molecule has 1 fully saturated rings. The molecule has 0 aromatic heterocycles. The molecule has 0 unspecified atom stereocenters. The Labute approximate surface area is 103 Å². The minimum Gasteiger partial charge on any atom is -0.355 e. The zero-order valence-corrected chi connectivity index (χ0v) is 10.5. The molecule has 1 aliphatic rings. The number of nitrogens with one attached hydrogen (secondary N) is 1. The maximum atomic E-state index is 11.9. The number of carbonyl (C=O) groups is 1. The molecule has 0 aromatic rings. The molecule has 1 saturated heterocycles. The summed E-state index contributed by atoms with van der Waals surface area (Å²) in [5.74, 6) is -0.788. The second-order valence-corrected chi connectivity index (χ2v) is 6.12. The fourth-order valence-electron chi connectivity index (χ4n) is 1.61. The smallest absolute Gasteiger partial charge is 0.355 e. The van der Waals surface area contributed by atoms with Gasteiger partial charge in [0.05, 0.1) is 5.75 Å². The van der Waals surface area contributed by atoms with Crippen LogP contribution in [-0.2, 0) is 14.8 Å². The topological polar surface area (TPSA) is 66.5 Å². The van der Waals surface area contributed by atoms with Crippen LogP contribution in [0, 0.1) is 0 Å². The van der Waals surface area contributed by atoms with Crippen LogP contribution in [0.4, 0.5) is 13.2 Å². The zero-order valence-electron chi connectivity index (χ0n) is 9.66. The molecule has 1 N–H and O–H groups in total. The number of sulfonamides is 1. The first-order chi connectivity index (χ1) is 8.21. The number of alkyl halides is 3. The molecule has 0 radical (unpaired) electrons. The summed E-state index contributed by atoms with van der Waals surface area (Å²) < 4.78 is 60.4. The molecule has 1 heterocycles. The highest BCUT2D eigenvalue weighted by Crippen LogP contribution is 2.22. The SMILES string of the molecule is O=C1CCN(S(=O)(=O)CCCC(F)(F)F)CCN1. The standard InChI is InChI=1S/C9H15F3N2O3S/c10-9(11,12)3-1-7-18(16,17)14-5-2-8(15)13-4-6-14/h1-7H2,(H,13,15). The fourth-order valence-corrected chi connectivity index (χ4v) is 3.11. The maximum absolute atomic E-state index is 11.9. The van der Waals surface area contributed by atoms with Gasteiger partial charge in [0.25, 0.3) is 0 Å². The highest BCUT2D eigenvalue weighted by molar-refractivity contribution is 7.89. The number of hydrogen-bond donors (Lipinski definition) is 1. The number of hydrogen-bond acceptors (Lipinski definition) is 3. The van der Waals surface area contributed by atoms with E-state index >= 15 is 0 Å². The molecule has 0 saturated carbocycles. The van der Waals surface area contributed by atoms with Crippen molar-refractivity contribution >= 4 is 15.9 Å². The Morgan fingerprint density at radius 1 is 1.28 bits per heavy atom. The largest absolute Gasteiger partial charge is 0.389 e. The third-order valence-corrected chi connectivity index (χ3v) is 4.48. The predicted octanol–water partition coefficient (Wildman–Crippen LogP) is 0.481. The van der Waals surface area contributed by atoms with Crippen LogP contribution in [0.25, 0.3) is 0 Å². The third-order valence-electron chi connectivity index (χ3n) is 2.53. The highest BCUT2D eigenvalue weighted by atomic mass is 32.2. The molecular weight excluding hydrogens is 273 g/mol. The van der Waals surface area contributed by atoms with Crippen LogP contribution in [0.1, 0.15) is 19.3 Å². The van der Waals surface area contributed by atoms with Gasteiger partial charge >= 0.3 is 6.18 Å². The fraction of sp³-hybridized carbons (Fsp3) is 0.889. The predicted molar refractivity (Wildman–Crippen MR) is 58.3 cm³/mol. The lowest BCUT2D eigenvalue weighted by molar-refractivity contribution is -0.134. The van der Waals surface area contributed by atoms with Gasteiger partial charge in [-0.3, -0.25) is 4.79 Å². The molecule has 0 bridgehead atoms. The van der Waals surface area contributed by atoms with E-state index in [1.54, 1.807) is 0 Å².